The Hall–Kier alpha value is -1.24. The molecule has 0 atom stereocenters. The van der Waals surface area contributed by atoms with Gasteiger partial charge in [-0.3, -0.25) is 9.59 Å². The van der Waals surface area contributed by atoms with Crippen LogP contribution in [-0.2, 0) is 14.3 Å². The van der Waals surface area contributed by atoms with Crippen molar-refractivity contribution < 1.29 is 28.2 Å². The van der Waals surface area contributed by atoms with Gasteiger partial charge in [-0.1, -0.05) is 0 Å². The lowest BCUT2D eigenvalue weighted by Crippen LogP contribution is -2.54. The minimum absolute atomic E-state index is 0.0336. The van der Waals surface area contributed by atoms with E-state index in [1.54, 1.807) is 0 Å². The molecule has 5 nitrogen and oxygen atoms in total. The van der Waals surface area contributed by atoms with E-state index in [1.807, 2.05) is 0 Å². The molecule has 0 bridgehead atoms. The second kappa shape index (κ2) is 6.63. The number of rotatable bonds is 8. The maximum atomic E-state index is 11.7. The smallest absolute Gasteiger partial charge is 0.305 e. The molecule has 1 saturated carbocycles. The summed E-state index contributed by atoms with van der Waals surface area (Å²) in [5.41, 5.74) is -0.647. The van der Waals surface area contributed by atoms with Crippen LogP contribution in [0.4, 0.5) is 8.78 Å². The molecule has 0 saturated heterocycles. The molecule has 0 aromatic carbocycles. The second-order valence-electron chi connectivity index (χ2n) is 4.47. The molecule has 104 valence electrons. The SMILES string of the molecule is O=C(O)CC1(NC(=O)CCOCC(F)F)CCC1. The topological polar surface area (TPSA) is 75.6 Å². The van der Waals surface area contributed by atoms with Gasteiger partial charge in [0.25, 0.3) is 6.43 Å². The van der Waals surface area contributed by atoms with E-state index in [0.717, 1.165) is 6.42 Å². The number of ether oxygens (including phenoxy) is 1. The van der Waals surface area contributed by atoms with Gasteiger partial charge in [-0.25, -0.2) is 8.78 Å². The van der Waals surface area contributed by atoms with Gasteiger partial charge in [0, 0.05) is 6.42 Å². The van der Waals surface area contributed by atoms with Crippen LogP contribution in [-0.4, -0.2) is 42.2 Å². The quantitative estimate of drug-likeness (QED) is 0.646. The molecule has 2 N–H and O–H groups in total. The van der Waals surface area contributed by atoms with Crippen molar-refractivity contribution in [3.63, 3.8) is 0 Å². The van der Waals surface area contributed by atoms with Crippen molar-refractivity contribution in [3.8, 4) is 0 Å². The molecule has 1 fully saturated rings. The molecule has 0 unspecified atom stereocenters. The van der Waals surface area contributed by atoms with E-state index in [-0.39, 0.29) is 25.4 Å². The summed E-state index contributed by atoms with van der Waals surface area (Å²) in [7, 11) is 0. The molecular formula is C11H17F2NO4. The minimum atomic E-state index is -2.54. The van der Waals surface area contributed by atoms with Crippen LogP contribution in [0, 0.1) is 0 Å². The summed E-state index contributed by atoms with van der Waals surface area (Å²) in [5, 5.41) is 11.4. The van der Waals surface area contributed by atoms with Crippen LogP contribution in [0.25, 0.3) is 0 Å². The first-order chi connectivity index (χ1) is 8.43. The average Bonchev–Trinajstić information content (AvgIpc) is 2.20. The van der Waals surface area contributed by atoms with Crippen molar-refractivity contribution >= 4 is 11.9 Å². The maximum absolute atomic E-state index is 11.7. The highest BCUT2D eigenvalue weighted by molar-refractivity contribution is 5.78. The highest BCUT2D eigenvalue weighted by Gasteiger charge is 2.40. The van der Waals surface area contributed by atoms with Gasteiger partial charge in [0.1, 0.15) is 6.61 Å². The lowest BCUT2D eigenvalue weighted by molar-refractivity contribution is -0.140. The summed E-state index contributed by atoms with van der Waals surface area (Å²) in [6.45, 7) is -0.771. The Bertz CT molecular complexity index is 305. The standard InChI is InChI=1S/C11H17F2NO4/c12-8(13)7-18-5-2-9(15)14-11(3-1-4-11)6-10(16)17/h8H,1-7H2,(H,14,15)(H,16,17). The van der Waals surface area contributed by atoms with Crippen LogP contribution in [0.5, 0.6) is 0 Å². The Labute approximate surface area is 103 Å². The molecule has 0 aliphatic heterocycles. The third-order valence-corrected chi connectivity index (χ3v) is 2.92. The number of hydrogen-bond acceptors (Lipinski definition) is 3. The second-order valence-corrected chi connectivity index (χ2v) is 4.47. The van der Waals surface area contributed by atoms with E-state index < -0.39 is 24.5 Å². The van der Waals surface area contributed by atoms with Crippen molar-refractivity contribution in [2.45, 2.75) is 44.1 Å². The molecule has 1 aliphatic rings. The number of nitrogens with one attached hydrogen (secondary N) is 1. The number of carbonyl (C=O) groups excluding carboxylic acids is 1. The van der Waals surface area contributed by atoms with Crippen molar-refractivity contribution in [1.29, 1.82) is 0 Å². The maximum Gasteiger partial charge on any atom is 0.305 e. The number of amides is 1. The zero-order valence-electron chi connectivity index (χ0n) is 9.95. The summed E-state index contributed by atoms with van der Waals surface area (Å²) in [6.07, 6.45) is -0.510. The fraction of sp³-hybridized carbons (Fsp3) is 0.818. The summed E-state index contributed by atoms with van der Waals surface area (Å²) >= 11 is 0. The number of hydrogen-bond donors (Lipinski definition) is 2. The first-order valence-corrected chi connectivity index (χ1v) is 5.82. The number of carboxylic acids is 1. The summed E-state index contributed by atoms with van der Waals surface area (Å²) in [5.74, 6) is -1.31. The zero-order valence-corrected chi connectivity index (χ0v) is 9.95. The Kier molecular flexibility index (Phi) is 5.46. The zero-order chi connectivity index (χ0) is 13.6. The molecule has 1 rings (SSSR count). The lowest BCUT2D eigenvalue weighted by Gasteiger charge is -2.41. The molecule has 0 spiro atoms. The number of alkyl halides is 2. The Morgan fingerprint density at radius 2 is 2.06 bits per heavy atom. The van der Waals surface area contributed by atoms with Crippen LogP contribution in [0.15, 0.2) is 0 Å². The van der Waals surface area contributed by atoms with Crippen LogP contribution >= 0.6 is 0 Å². The van der Waals surface area contributed by atoms with Crippen molar-refractivity contribution in [2.75, 3.05) is 13.2 Å². The van der Waals surface area contributed by atoms with E-state index in [0.29, 0.717) is 12.8 Å². The summed E-state index contributed by atoms with van der Waals surface area (Å²) < 4.78 is 28.1. The van der Waals surface area contributed by atoms with Crippen LogP contribution in [0.1, 0.15) is 32.1 Å². The van der Waals surface area contributed by atoms with E-state index >= 15 is 0 Å². The average molecular weight is 265 g/mol. The van der Waals surface area contributed by atoms with Crippen molar-refractivity contribution in [1.82, 2.24) is 5.32 Å². The summed E-state index contributed by atoms with van der Waals surface area (Å²) in [6, 6.07) is 0. The van der Waals surface area contributed by atoms with Gasteiger partial charge in [-0.2, -0.15) is 0 Å². The largest absolute Gasteiger partial charge is 0.481 e. The molecule has 0 heterocycles. The number of carbonyl (C=O) groups is 2. The van der Waals surface area contributed by atoms with Crippen LogP contribution in [0.2, 0.25) is 0 Å². The summed E-state index contributed by atoms with van der Waals surface area (Å²) in [4.78, 5) is 22.2. The molecule has 7 heteroatoms. The molecule has 1 aliphatic carbocycles. The van der Waals surface area contributed by atoms with Crippen LogP contribution in [0.3, 0.4) is 0 Å². The predicted molar refractivity (Wildman–Crippen MR) is 58.4 cm³/mol. The fourth-order valence-electron chi connectivity index (χ4n) is 1.93. The lowest BCUT2D eigenvalue weighted by atomic mass is 9.74. The molecule has 18 heavy (non-hydrogen) atoms. The molecule has 0 aromatic heterocycles. The monoisotopic (exact) mass is 265 g/mol. The molecular weight excluding hydrogens is 248 g/mol. The van der Waals surface area contributed by atoms with Crippen molar-refractivity contribution in [3.05, 3.63) is 0 Å². The molecule has 0 aromatic rings. The van der Waals surface area contributed by atoms with Crippen LogP contribution < -0.4 is 5.32 Å². The van der Waals surface area contributed by atoms with Gasteiger partial charge in [-0.05, 0) is 19.3 Å². The highest BCUT2D eigenvalue weighted by Crippen LogP contribution is 2.34. The first-order valence-electron chi connectivity index (χ1n) is 5.82. The van der Waals surface area contributed by atoms with Crippen molar-refractivity contribution in [2.24, 2.45) is 0 Å². The van der Waals surface area contributed by atoms with E-state index in [9.17, 15) is 18.4 Å². The van der Waals surface area contributed by atoms with E-state index in [2.05, 4.69) is 10.1 Å². The third-order valence-electron chi connectivity index (χ3n) is 2.92. The van der Waals surface area contributed by atoms with Gasteiger partial charge < -0.3 is 15.2 Å². The van der Waals surface area contributed by atoms with E-state index in [4.69, 9.17) is 5.11 Å². The normalized spacial score (nSPS) is 17.3. The van der Waals surface area contributed by atoms with Gasteiger partial charge >= 0.3 is 5.97 Å². The van der Waals surface area contributed by atoms with Gasteiger partial charge in [0.2, 0.25) is 5.91 Å². The minimum Gasteiger partial charge on any atom is -0.481 e. The predicted octanol–water partition coefficient (Wildman–Crippen LogP) is 1.17. The third kappa shape index (κ3) is 4.95. The van der Waals surface area contributed by atoms with Gasteiger partial charge in [0.15, 0.2) is 0 Å². The first kappa shape index (κ1) is 14.8. The molecule has 1 amide bonds. The highest BCUT2D eigenvalue weighted by atomic mass is 19.3. The van der Waals surface area contributed by atoms with Gasteiger partial charge in [0.05, 0.1) is 18.6 Å². The number of halogens is 2. The fourth-order valence-corrected chi connectivity index (χ4v) is 1.93. The Balaban J connectivity index is 2.23. The van der Waals surface area contributed by atoms with E-state index in [1.165, 1.54) is 0 Å². The number of carboxylic acid groups (broad SMARTS) is 1. The van der Waals surface area contributed by atoms with Gasteiger partial charge in [-0.15, -0.1) is 0 Å². The Morgan fingerprint density at radius 1 is 1.39 bits per heavy atom. The Morgan fingerprint density at radius 3 is 2.50 bits per heavy atom. The number of aliphatic carboxylic acids is 1. The molecule has 0 radical (unpaired) electrons.